The standard InChI is InChI=1S/C14H11ClO4/c15-11-3-1-2-9(7-16)14(11)19-10-4-5-12-13(6-10)18-8-17-12/h1-6,16H,7-8H2. The van der Waals surface area contributed by atoms with Gasteiger partial charge in [0.2, 0.25) is 6.79 Å². The second-order valence-corrected chi connectivity index (χ2v) is 4.41. The Hall–Kier alpha value is -1.91. The number of ether oxygens (including phenoxy) is 3. The highest BCUT2D eigenvalue weighted by Crippen LogP contribution is 2.39. The summed E-state index contributed by atoms with van der Waals surface area (Å²) in [6.07, 6.45) is 0. The molecule has 4 nitrogen and oxygen atoms in total. The van der Waals surface area contributed by atoms with Crippen LogP contribution in [0.5, 0.6) is 23.0 Å². The summed E-state index contributed by atoms with van der Waals surface area (Å²) < 4.78 is 16.2. The quantitative estimate of drug-likeness (QED) is 0.935. The van der Waals surface area contributed by atoms with Gasteiger partial charge in [0, 0.05) is 11.6 Å². The van der Waals surface area contributed by atoms with Gasteiger partial charge >= 0.3 is 0 Å². The van der Waals surface area contributed by atoms with E-state index in [1.54, 1.807) is 36.4 Å². The molecule has 1 heterocycles. The van der Waals surface area contributed by atoms with Crippen LogP contribution in [0.3, 0.4) is 0 Å². The Morgan fingerprint density at radius 2 is 2.00 bits per heavy atom. The summed E-state index contributed by atoms with van der Waals surface area (Å²) in [5, 5.41) is 9.74. The molecule has 2 aromatic carbocycles. The third-order valence-electron chi connectivity index (χ3n) is 2.78. The van der Waals surface area contributed by atoms with Crippen LogP contribution in [0, 0.1) is 0 Å². The second-order valence-electron chi connectivity index (χ2n) is 4.00. The Morgan fingerprint density at radius 3 is 2.84 bits per heavy atom. The van der Waals surface area contributed by atoms with Crippen molar-refractivity contribution in [2.24, 2.45) is 0 Å². The van der Waals surface area contributed by atoms with Crippen LogP contribution >= 0.6 is 11.6 Å². The maximum Gasteiger partial charge on any atom is 0.231 e. The summed E-state index contributed by atoms with van der Waals surface area (Å²) in [4.78, 5) is 0. The van der Waals surface area contributed by atoms with E-state index in [4.69, 9.17) is 25.8 Å². The zero-order chi connectivity index (χ0) is 13.2. The number of fused-ring (bicyclic) bond motifs is 1. The van der Waals surface area contributed by atoms with E-state index in [1.807, 2.05) is 0 Å². The molecule has 0 aromatic heterocycles. The third kappa shape index (κ3) is 2.32. The normalized spacial score (nSPS) is 12.5. The van der Waals surface area contributed by atoms with E-state index in [-0.39, 0.29) is 13.4 Å². The van der Waals surface area contributed by atoms with Crippen molar-refractivity contribution in [1.29, 1.82) is 0 Å². The van der Waals surface area contributed by atoms with Gasteiger partial charge in [-0.15, -0.1) is 0 Å². The SMILES string of the molecule is OCc1cccc(Cl)c1Oc1ccc2c(c1)OCO2. The summed E-state index contributed by atoms with van der Waals surface area (Å²) in [6, 6.07) is 10.5. The van der Waals surface area contributed by atoms with Crippen molar-refractivity contribution in [1.82, 2.24) is 0 Å². The molecule has 0 saturated heterocycles. The van der Waals surface area contributed by atoms with E-state index in [2.05, 4.69) is 0 Å². The monoisotopic (exact) mass is 278 g/mol. The highest BCUT2D eigenvalue weighted by atomic mass is 35.5. The van der Waals surface area contributed by atoms with Gasteiger partial charge < -0.3 is 19.3 Å². The lowest BCUT2D eigenvalue weighted by Gasteiger charge is -2.11. The zero-order valence-corrected chi connectivity index (χ0v) is 10.7. The molecule has 3 rings (SSSR count). The molecular formula is C14H11ClO4. The Balaban J connectivity index is 1.93. The van der Waals surface area contributed by atoms with Crippen LogP contribution in [0.2, 0.25) is 5.02 Å². The first kappa shape index (κ1) is 12.1. The van der Waals surface area contributed by atoms with E-state index in [9.17, 15) is 5.11 Å². The lowest BCUT2D eigenvalue weighted by Crippen LogP contribution is -1.93. The van der Waals surface area contributed by atoms with Crippen LogP contribution in [0.15, 0.2) is 36.4 Å². The van der Waals surface area contributed by atoms with Gasteiger partial charge in [0.05, 0.1) is 11.6 Å². The molecule has 0 radical (unpaired) electrons. The molecule has 2 aromatic rings. The van der Waals surface area contributed by atoms with Crippen molar-refractivity contribution in [2.45, 2.75) is 6.61 Å². The molecule has 0 amide bonds. The number of aliphatic hydroxyl groups is 1. The highest BCUT2D eigenvalue weighted by molar-refractivity contribution is 6.32. The minimum absolute atomic E-state index is 0.138. The largest absolute Gasteiger partial charge is 0.455 e. The van der Waals surface area contributed by atoms with Gasteiger partial charge in [-0.1, -0.05) is 23.7 Å². The summed E-state index contributed by atoms with van der Waals surface area (Å²) in [5.41, 5.74) is 0.630. The minimum Gasteiger partial charge on any atom is -0.455 e. The van der Waals surface area contributed by atoms with Gasteiger partial charge in [-0.2, -0.15) is 0 Å². The number of rotatable bonds is 3. The summed E-state index contributed by atoms with van der Waals surface area (Å²) in [6.45, 7) is 0.0766. The van der Waals surface area contributed by atoms with Crippen LogP contribution < -0.4 is 14.2 Å². The van der Waals surface area contributed by atoms with Crippen molar-refractivity contribution >= 4 is 11.6 Å². The molecule has 98 valence electrons. The van der Waals surface area contributed by atoms with E-state index in [0.29, 0.717) is 33.6 Å². The molecule has 0 saturated carbocycles. The van der Waals surface area contributed by atoms with Gasteiger partial charge in [0.25, 0.3) is 0 Å². The number of halogens is 1. The van der Waals surface area contributed by atoms with Gasteiger partial charge in [-0.3, -0.25) is 0 Å². The molecule has 19 heavy (non-hydrogen) atoms. The summed E-state index contributed by atoms with van der Waals surface area (Å²) >= 11 is 6.08. The Bertz CT molecular complexity index is 612. The second kappa shape index (κ2) is 4.99. The number of aliphatic hydroxyl groups excluding tert-OH is 1. The predicted molar refractivity (Wildman–Crippen MR) is 70.0 cm³/mol. The first-order valence-corrected chi connectivity index (χ1v) is 6.11. The molecule has 1 aliphatic rings. The van der Waals surface area contributed by atoms with Crippen molar-refractivity contribution in [3.8, 4) is 23.0 Å². The van der Waals surface area contributed by atoms with Crippen LogP contribution in [0.4, 0.5) is 0 Å². The molecule has 0 bridgehead atoms. The van der Waals surface area contributed by atoms with E-state index >= 15 is 0 Å². The molecule has 0 spiro atoms. The highest BCUT2D eigenvalue weighted by Gasteiger charge is 2.15. The van der Waals surface area contributed by atoms with Crippen LogP contribution in [-0.2, 0) is 6.61 Å². The number of benzene rings is 2. The van der Waals surface area contributed by atoms with E-state index < -0.39 is 0 Å². The topological polar surface area (TPSA) is 47.9 Å². The maximum absolute atomic E-state index is 9.29. The maximum atomic E-state index is 9.29. The molecule has 1 N–H and O–H groups in total. The van der Waals surface area contributed by atoms with Crippen LogP contribution in [-0.4, -0.2) is 11.9 Å². The predicted octanol–water partition coefficient (Wildman–Crippen LogP) is 3.35. The fourth-order valence-corrected chi connectivity index (χ4v) is 2.08. The lowest BCUT2D eigenvalue weighted by atomic mass is 10.2. The summed E-state index contributed by atoms with van der Waals surface area (Å²) in [7, 11) is 0. The molecule has 0 aliphatic carbocycles. The fourth-order valence-electron chi connectivity index (χ4n) is 1.85. The van der Waals surface area contributed by atoms with Crippen molar-refractivity contribution in [3.05, 3.63) is 47.0 Å². The Morgan fingerprint density at radius 1 is 1.16 bits per heavy atom. The smallest absolute Gasteiger partial charge is 0.231 e. The average molecular weight is 279 g/mol. The Labute approximate surface area is 115 Å². The minimum atomic E-state index is -0.138. The van der Waals surface area contributed by atoms with E-state index in [1.165, 1.54) is 0 Å². The van der Waals surface area contributed by atoms with E-state index in [0.717, 1.165) is 0 Å². The molecule has 5 heteroatoms. The summed E-state index contributed by atoms with van der Waals surface area (Å²) in [5.74, 6) is 2.35. The Kier molecular flexibility index (Phi) is 3.19. The third-order valence-corrected chi connectivity index (χ3v) is 3.08. The first-order valence-electron chi connectivity index (χ1n) is 5.73. The number of para-hydroxylation sites is 1. The van der Waals surface area contributed by atoms with Crippen LogP contribution in [0.1, 0.15) is 5.56 Å². The molecular weight excluding hydrogens is 268 g/mol. The van der Waals surface area contributed by atoms with Gasteiger partial charge in [0.15, 0.2) is 17.2 Å². The van der Waals surface area contributed by atoms with Crippen molar-refractivity contribution in [2.75, 3.05) is 6.79 Å². The molecule has 0 fully saturated rings. The number of hydrogen-bond donors (Lipinski definition) is 1. The van der Waals surface area contributed by atoms with Gasteiger partial charge in [-0.05, 0) is 18.2 Å². The van der Waals surface area contributed by atoms with Gasteiger partial charge in [-0.25, -0.2) is 0 Å². The van der Waals surface area contributed by atoms with Crippen LogP contribution in [0.25, 0.3) is 0 Å². The molecule has 0 unspecified atom stereocenters. The fraction of sp³-hybridized carbons (Fsp3) is 0.143. The zero-order valence-electron chi connectivity index (χ0n) is 9.93. The van der Waals surface area contributed by atoms with Gasteiger partial charge in [0.1, 0.15) is 5.75 Å². The first-order chi connectivity index (χ1) is 9.28. The van der Waals surface area contributed by atoms with Crippen molar-refractivity contribution < 1.29 is 19.3 Å². The lowest BCUT2D eigenvalue weighted by molar-refractivity contribution is 0.174. The molecule has 0 atom stereocenters. The average Bonchev–Trinajstić information content (AvgIpc) is 2.88. The number of hydrogen-bond acceptors (Lipinski definition) is 4. The van der Waals surface area contributed by atoms with Crippen molar-refractivity contribution in [3.63, 3.8) is 0 Å². The molecule has 1 aliphatic heterocycles.